The molecule has 16 heavy (non-hydrogen) atoms. The monoisotopic (exact) mass is 293 g/mol. The van der Waals surface area contributed by atoms with Crippen molar-refractivity contribution in [3.8, 4) is 0 Å². The molecule has 98 valence electrons. The third kappa shape index (κ3) is 6.10. The molecule has 0 amide bonds. The molecule has 1 atom stereocenters. The van der Waals surface area contributed by atoms with Crippen LogP contribution in [0.1, 0.15) is 0 Å². The zero-order chi connectivity index (χ0) is 13.4. The molecule has 0 saturated heterocycles. The molecule has 5 heteroatoms. The molecule has 0 radical (unpaired) electrons. The Morgan fingerprint density at radius 3 is 1.25 bits per heavy atom. The second-order valence-electron chi connectivity index (χ2n) is 8.03. The zero-order valence-electron chi connectivity index (χ0n) is 13.1. The van der Waals surface area contributed by atoms with Crippen LogP contribution in [-0.4, -0.2) is 41.0 Å². The fraction of sp³-hybridized carbons (Fsp3) is 1.00. The molecule has 0 aromatic carbocycles. The van der Waals surface area contributed by atoms with E-state index in [1.54, 1.807) is 0 Å². The van der Waals surface area contributed by atoms with Gasteiger partial charge in [-0.3, -0.25) is 0 Å². The topological polar surface area (TPSA) is 3.24 Å². The molecule has 0 aliphatic heterocycles. The summed E-state index contributed by atoms with van der Waals surface area (Å²) >= 11 is 0. The Balaban J connectivity index is 4.94. The maximum atomic E-state index is 3.02. The first kappa shape index (κ1) is 17.0. The van der Waals surface area contributed by atoms with Crippen LogP contribution in [-0.2, 0) is 0 Å². The van der Waals surface area contributed by atoms with Crippen molar-refractivity contribution in [1.82, 2.24) is 4.00 Å². The molecule has 0 aliphatic carbocycles. The third-order valence-electron chi connectivity index (χ3n) is 2.32. The first-order valence-corrected chi connectivity index (χ1v) is 18.8. The minimum Gasteiger partial charge on any atom is -0.325 e. The number of hydrogen-bond acceptors (Lipinski definition) is 1. The SMILES string of the molecule is CP(C[Si](C)(C)C)N([Si](C)(C)C)[Si](C)(C)C. The van der Waals surface area contributed by atoms with E-state index in [0.29, 0.717) is 0 Å². The van der Waals surface area contributed by atoms with Crippen LogP contribution in [0, 0.1) is 0 Å². The van der Waals surface area contributed by atoms with Gasteiger partial charge in [0.15, 0.2) is 0 Å². The Kier molecular flexibility index (Phi) is 5.70. The van der Waals surface area contributed by atoms with Crippen LogP contribution in [0.3, 0.4) is 0 Å². The van der Waals surface area contributed by atoms with Crippen molar-refractivity contribution in [1.29, 1.82) is 0 Å². The second-order valence-corrected chi connectivity index (χ2v) is 26.9. The Hall–Kier alpha value is 1.04. The summed E-state index contributed by atoms with van der Waals surface area (Å²) in [5.41, 5.74) is 0. The van der Waals surface area contributed by atoms with Crippen molar-refractivity contribution >= 4 is 32.6 Å². The highest BCUT2D eigenvalue weighted by Gasteiger charge is 2.38. The quantitative estimate of drug-likeness (QED) is 0.517. The van der Waals surface area contributed by atoms with Gasteiger partial charge in [-0.1, -0.05) is 67.0 Å². The maximum absolute atomic E-state index is 3.02. The van der Waals surface area contributed by atoms with Gasteiger partial charge in [0.05, 0.1) is 0 Å². The number of nitrogens with zero attached hydrogens (tertiary/aromatic N) is 1. The van der Waals surface area contributed by atoms with E-state index in [0.717, 1.165) is 0 Å². The number of hydrogen-bond donors (Lipinski definition) is 0. The Bertz CT molecular complexity index is 211. The summed E-state index contributed by atoms with van der Waals surface area (Å²) in [6.07, 6.45) is 0. The van der Waals surface area contributed by atoms with E-state index in [2.05, 4.69) is 69.6 Å². The fourth-order valence-corrected chi connectivity index (χ4v) is 26.4. The summed E-state index contributed by atoms with van der Waals surface area (Å²) in [7, 11) is -3.08. The van der Waals surface area contributed by atoms with Gasteiger partial charge in [-0.2, -0.15) is 0 Å². The predicted molar refractivity (Wildman–Crippen MR) is 89.6 cm³/mol. The first-order chi connectivity index (χ1) is 6.75. The van der Waals surface area contributed by atoms with Crippen LogP contribution in [0.15, 0.2) is 0 Å². The first-order valence-electron chi connectivity index (χ1n) is 6.26. The Morgan fingerprint density at radius 2 is 1.06 bits per heavy atom. The summed E-state index contributed by atoms with van der Waals surface area (Å²) in [5, 5.41) is 0. The van der Waals surface area contributed by atoms with E-state index in [-0.39, 0.29) is 8.07 Å². The van der Waals surface area contributed by atoms with Gasteiger partial charge in [-0.25, -0.2) is 0 Å². The van der Waals surface area contributed by atoms with E-state index in [4.69, 9.17) is 0 Å². The summed E-state index contributed by atoms with van der Waals surface area (Å²) in [5.74, 6) is 1.51. The van der Waals surface area contributed by atoms with Crippen LogP contribution in [0.4, 0.5) is 0 Å². The van der Waals surface area contributed by atoms with Crippen molar-refractivity contribution < 1.29 is 0 Å². The molecular weight excluding hydrogens is 261 g/mol. The van der Waals surface area contributed by atoms with Crippen molar-refractivity contribution in [2.24, 2.45) is 0 Å². The van der Waals surface area contributed by atoms with E-state index in [9.17, 15) is 0 Å². The largest absolute Gasteiger partial charge is 0.325 e. The van der Waals surface area contributed by atoms with Crippen molar-refractivity contribution in [3.05, 3.63) is 0 Å². The molecule has 0 bridgehead atoms. The zero-order valence-corrected chi connectivity index (χ0v) is 17.0. The lowest BCUT2D eigenvalue weighted by molar-refractivity contribution is 0.972. The maximum Gasteiger partial charge on any atom is 0.115 e. The highest BCUT2D eigenvalue weighted by Crippen LogP contribution is 2.46. The molecule has 1 unspecified atom stereocenters. The predicted octanol–water partition coefficient (Wildman–Crippen LogP) is 4.86. The molecule has 0 heterocycles. The average Bonchev–Trinajstić information content (AvgIpc) is 1.70. The lowest BCUT2D eigenvalue weighted by Crippen LogP contribution is -2.56. The molecule has 0 aliphatic rings. The van der Waals surface area contributed by atoms with E-state index in [1.807, 2.05) is 0 Å². The molecule has 0 aromatic heterocycles. The summed E-state index contributed by atoms with van der Waals surface area (Å²) < 4.78 is 3.02. The van der Waals surface area contributed by atoms with Gasteiger partial charge in [-0.05, 0) is 12.5 Å². The Labute approximate surface area is 108 Å². The molecule has 0 fully saturated rings. The smallest absolute Gasteiger partial charge is 0.115 e. The summed E-state index contributed by atoms with van der Waals surface area (Å²) in [4.78, 5) is 0. The second kappa shape index (κ2) is 5.35. The normalized spacial score (nSPS) is 16.7. The van der Waals surface area contributed by atoms with Crippen LogP contribution in [0.25, 0.3) is 0 Å². The van der Waals surface area contributed by atoms with Gasteiger partial charge in [0.2, 0.25) is 0 Å². The van der Waals surface area contributed by atoms with Gasteiger partial charge in [0.1, 0.15) is 16.5 Å². The molecule has 0 aromatic rings. The molecule has 0 N–H and O–H groups in total. The minimum absolute atomic E-state index is 0.110. The molecule has 0 saturated carbocycles. The van der Waals surface area contributed by atoms with Crippen LogP contribution < -0.4 is 0 Å². The third-order valence-corrected chi connectivity index (χ3v) is 20.8. The van der Waals surface area contributed by atoms with Crippen molar-refractivity contribution in [2.75, 3.05) is 12.5 Å². The number of rotatable bonds is 5. The molecule has 1 nitrogen and oxygen atoms in total. The van der Waals surface area contributed by atoms with Gasteiger partial charge in [0.25, 0.3) is 0 Å². The fourth-order valence-electron chi connectivity index (χ4n) is 2.79. The highest BCUT2D eigenvalue weighted by atomic mass is 31.1. The van der Waals surface area contributed by atoms with Crippen LogP contribution in [0.5, 0.6) is 0 Å². The standard InChI is InChI=1S/C11H32NPSi3/c1-13(11-14(2,3)4)12(15(5,6)7)16(8,9)10/h11H2,1-10H3. The summed E-state index contributed by atoms with van der Waals surface area (Å²) in [6.45, 7) is 25.2. The van der Waals surface area contributed by atoms with Gasteiger partial charge < -0.3 is 4.00 Å². The lowest BCUT2D eigenvalue weighted by atomic mass is 11.7. The Morgan fingerprint density at radius 1 is 0.750 bits per heavy atom. The van der Waals surface area contributed by atoms with Crippen molar-refractivity contribution in [3.63, 3.8) is 0 Å². The lowest BCUT2D eigenvalue weighted by Gasteiger charge is -2.48. The minimum atomic E-state index is -1.14. The van der Waals surface area contributed by atoms with Crippen LogP contribution in [0.2, 0.25) is 58.9 Å². The molecular formula is C11H32NPSi3. The van der Waals surface area contributed by atoms with Crippen LogP contribution >= 0.6 is 8.07 Å². The summed E-state index contributed by atoms with van der Waals surface area (Å²) in [6, 6.07) is 0. The van der Waals surface area contributed by atoms with E-state index >= 15 is 0 Å². The molecule has 0 spiro atoms. The average molecular weight is 294 g/mol. The van der Waals surface area contributed by atoms with Gasteiger partial charge >= 0.3 is 0 Å². The van der Waals surface area contributed by atoms with E-state index in [1.165, 1.54) is 5.79 Å². The van der Waals surface area contributed by atoms with Gasteiger partial charge in [0, 0.05) is 8.07 Å². The van der Waals surface area contributed by atoms with Gasteiger partial charge in [-0.15, -0.1) is 0 Å². The van der Waals surface area contributed by atoms with E-state index < -0.39 is 24.5 Å². The highest BCUT2D eigenvalue weighted by molar-refractivity contribution is 7.62. The molecule has 0 rings (SSSR count). The van der Waals surface area contributed by atoms with Crippen molar-refractivity contribution in [2.45, 2.75) is 58.9 Å².